The number of carbonyl (C=O) groups is 1. The van der Waals surface area contributed by atoms with E-state index in [-0.39, 0.29) is 5.92 Å². The molecule has 0 amide bonds. The van der Waals surface area contributed by atoms with E-state index in [9.17, 15) is 25.2 Å². The highest BCUT2D eigenvalue weighted by molar-refractivity contribution is 5.74. The highest BCUT2D eigenvalue weighted by atomic mass is 16.6. The lowest BCUT2D eigenvalue weighted by atomic mass is 9.95. The zero-order chi connectivity index (χ0) is 15.5. The summed E-state index contributed by atoms with van der Waals surface area (Å²) in [7, 11) is 0. The Morgan fingerprint density at radius 2 is 2.00 bits per heavy atom. The first-order valence-corrected chi connectivity index (χ1v) is 6.59. The van der Waals surface area contributed by atoms with Gasteiger partial charge in [0.05, 0.1) is 13.2 Å². The van der Waals surface area contributed by atoms with Gasteiger partial charge in [-0.1, -0.05) is 20.3 Å². The number of carboxylic acids is 1. The summed E-state index contributed by atoms with van der Waals surface area (Å²) < 4.78 is 5.27. The quantitative estimate of drug-likeness (QED) is 0.313. The van der Waals surface area contributed by atoms with Crippen LogP contribution in [0.2, 0.25) is 0 Å². The van der Waals surface area contributed by atoms with E-state index in [2.05, 4.69) is 5.32 Å². The Morgan fingerprint density at radius 3 is 2.35 bits per heavy atom. The van der Waals surface area contributed by atoms with E-state index >= 15 is 0 Å². The molecule has 0 aromatic rings. The van der Waals surface area contributed by atoms with Crippen LogP contribution in [0.25, 0.3) is 0 Å². The zero-order valence-corrected chi connectivity index (χ0v) is 11.6. The van der Waals surface area contributed by atoms with Crippen LogP contribution in [0.1, 0.15) is 20.3 Å². The predicted octanol–water partition coefficient (Wildman–Crippen LogP) is -2.12. The van der Waals surface area contributed by atoms with E-state index in [0.29, 0.717) is 6.42 Å². The number of aliphatic hydroxyl groups is 4. The van der Waals surface area contributed by atoms with Crippen LogP contribution >= 0.6 is 0 Å². The number of hydrogen-bond donors (Lipinski definition) is 6. The van der Waals surface area contributed by atoms with Crippen molar-refractivity contribution >= 4 is 5.97 Å². The van der Waals surface area contributed by atoms with Gasteiger partial charge in [0, 0.05) is 0 Å². The standard InChI is InChI=1S/C12H23NO7/c1-3-6(2)8(11(18)19)13-12(5-15)10(17)9(16)7(4-14)20-12/h6-10,13-17H,3-5H2,1-2H3,(H,18,19)/t6?,7-,8?,9-,10+,12?/m1/s1. The molecule has 0 aromatic heterocycles. The van der Waals surface area contributed by atoms with Gasteiger partial charge in [0.2, 0.25) is 0 Å². The molecule has 0 spiro atoms. The van der Waals surface area contributed by atoms with Gasteiger partial charge >= 0.3 is 5.97 Å². The molecule has 20 heavy (non-hydrogen) atoms. The second kappa shape index (κ2) is 6.79. The summed E-state index contributed by atoms with van der Waals surface area (Å²) in [5, 5.41) is 50.1. The Kier molecular flexibility index (Phi) is 5.87. The summed E-state index contributed by atoms with van der Waals surface area (Å²) in [5.74, 6) is -1.43. The van der Waals surface area contributed by atoms with Crippen LogP contribution in [0.5, 0.6) is 0 Å². The van der Waals surface area contributed by atoms with Crippen molar-refractivity contribution in [3.63, 3.8) is 0 Å². The van der Waals surface area contributed by atoms with Crippen LogP contribution in [-0.4, -0.2) is 74.8 Å². The predicted molar refractivity (Wildman–Crippen MR) is 67.8 cm³/mol. The molecular weight excluding hydrogens is 270 g/mol. The first-order valence-electron chi connectivity index (χ1n) is 6.59. The number of aliphatic hydroxyl groups excluding tert-OH is 4. The Morgan fingerprint density at radius 1 is 1.40 bits per heavy atom. The van der Waals surface area contributed by atoms with Crippen molar-refractivity contribution in [2.45, 2.75) is 50.3 Å². The number of carboxylic acid groups (broad SMARTS) is 1. The number of nitrogens with one attached hydrogen (secondary N) is 1. The fourth-order valence-electron chi connectivity index (χ4n) is 2.28. The van der Waals surface area contributed by atoms with Crippen molar-refractivity contribution < 1.29 is 35.1 Å². The number of hydrogen-bond acceptors (Lipinski definition) is 7. The van der Waals surface area contributed by atoms with Crippen LogP contribution in [0.4, 0.5) is 0 Å². The monoisotopic (exact) mass is 293 g/mol. The van der Waals surface area contributed by atoms with Gasteiger partial charge in [0.15, 0.2) is 5.72 Å². The van der Waals surface area contributed by atoms with Crippen LogP contribution in [0.15, 0.2) is 0 Å². The van der Waals surface area contributed by atoms with Gasteiger partial charge in [-0.25, -0.2) is 0 Å². The highest BCUT2D eigenvalue weighted by Crippen LogP contribution is 2.30. The van der Waals surface area contributed by atoms with Gasteiger partial charge in [0.25, 0.3) is 0 Å². The summed E-state index contributed by atoms with van der Waals surface area (Å²) in [6, 6.07) is -1.06. The molecule has 0 aromatic carbocycles. The van der Waals surface area contributed by atoms with Crippen molar-refractivity contribution in [1.82, 2.24) is 5.32 Å². The number of aliphatic carboxylic acids is 1. The first kappa shape index (κ1) is 17.3. The van der Waals surface area contributed by atoms with Crippen LogP contribution in [-0.2, 0) is 9.53 Å². The van der Waals surface area contributed by atoms with E-state index in [1.165, 1.54) is 0 Å². The Labute approximate surface area is 117 Å². The largest absolute Gasteiger partial charge is 0.480 e. The molecule has 0 saturated carbocycles. The van der Waals surface area contributed by atoms with Crippen LogP contribution in [0, 0.1) is 5.92 Å². The summed E-state index contributed by atoms with van der Waals surface area (Å²) in [5.41, 5.74) is -1.81. The van der Waals surface area contributed by atoms with Crippen LogP contribution < -0.4 is 5.32 Å². The molecule has 6 N–H and O–H groups in total. The number of rotatable bonds is 7. The van der Waals surface area contributed by atoms with E-state index < -0.39 is 49.3 Å². The van der Waals surface area contributed by atoms with E-state index in [1.807, 2.05) is 6.92 Å². The van der Waals surface area contributed by atoms with E-state index in [1.54, 1.807) is 6.92 Å². The molecule has 118 valence electrons. The third-order valence-corrected chi connectivity index (χ3v) is 3.84. The molecule has 1 aliphatic rings. The Balaban J connectivity index is 2.97. The van der Waals surface area contributed by atoms with Crippen LogP contribution in [0.3, 0.4) is 0 Å². The molecule has 8 nitrogen and oxygen atoms in total. The van der Waals surface area contributed by atoms with Crippen molar-refractivity contribution in [2.24, 2.45) is 5.92 Å². The molecule has 1 saturated heterocycles. The van der Waals surface area contributed by atoms with Gasteiger partial charge in [-0.05, 0) is 5.92 Å². The maximum absolute atomic E-state index is 11.3. The lowest BCUT2D eigenvalue weighted by molar-refractivity contribution is -0.161. The van der Waals surface area contributed by atoms with Crippen molar-refractivity contribution in [2.75, 3.05) is 13.2 Å². The molecule has 8 heteroatoms. The van der Waals surface area contributed by atoms with Crippen molar-refractivity contribution in [3.8, 4) is 0 Å². The van der Waals surface area contributed by atoms with Gasteiger partial charge in [-0.3, -0.25) is 10.1 Å². The second-order valence-corrected chi connectivity index (χ2v) is 5.17. The smallest absolute Gasteiger partial charge is 0.321 e. The third-order valence-electron chi connectivity index (χ3n) is 3.84. The Bertz CT molecular complexity index is 340. The third kappa shape index (κ3) is 3.11. The van der Waals surface area contributed by atoms with E-state index in [4.69, 9.17) is 9.84 Å². The maximum Gasteiger partial charge on any atom is 0.321 e. The minimum Gasteiger partial charge on any atom is -0.480 e. The second-order valence-electron chi connectivity index (χ2n) is 5.17. The minimum absolute atomic E-state index is 0.281. The SMILES string of the molecule is CCC(C)C(NC1(CO)O[C@H](CO)[C@@H](O)[C@@H]1O)C(=O)O. The number of ether oxygens (including phenoxy) is 1. The maximum atomic E-state index is 11.3. The molecule has 3 unspecified atom stereocenters. The molecule has 1 fully saturated rings. The summed E-state index contributed by atoms with van der Waals surface area (Å²) in [6.45, 7) is 2.23. The van der Waals surface area contributed by atoms with Gasteiger partial charge in [-0.2, -0.15) is 0 Å². The lowest BCUT2D eigenvalue weighted by Gasteiger charge is -2.35. The highest BCUT2D eigenvalue weighted by Gasteiger charge is 2.55. The molecule has 6 atom stereocenters. The molecule has 0 bridgehead atoms. The molecule has 1 heterocycles. The average Bonchev–Trinajstić information content (AvgIpc) is 2.68. The normalized spacial score (nSPS) is 36.8. The topological polar surface area (TPSA) is 139 Å². The summed E-state index contributed by atoms with van der Waals surface area (Å²) >= 11 is 0. The fraction of sp³-hybridized carbons (Fsp3) is 0.917. The molecule has 0 aliphatic carbocycles. The fourth-order valence-corrected chi connectivity index (χ4v) is 2.28. The van der Waals surface area contributed by atoms with E-state index in [0.717, 1.165) is 0 Å². The lowest BCUT2D eigenvalue weighted by Crippen LogP contribution is -2.63. The average molecular weight is 293 g/mol. The van der Waals surface area contributed by atoms with Crippen molar-refractivity contribution in [1.29, 1.82) is 0 Å². The van der Waals surface area contributed by atoms with Gasteiger partial charge < -0.3 is 30.3 Å². The van der Waals surface area contributed by atoms with Gasteiger partial charge in [0.1, 0.15) is 24.4 Å². The molecule has 1 aliphatic heterocycles. The zero-order valence-electron chi connectivity index (χ0n) is 11.6. The Hall–Kier alpha value is -0.770. The minimum atomic E-state index is -1.81. The summed E-state index contributed by atoms with van der Waals surface area (Å²) in [6.07, 6.45) is -3.48. The van der Waals surface area contributed by atoms with Gasteiger partial charge in [-0.15, -0.1) is 0 Å². The molecule has 1 rings (SSSR count). The summed E-state index contributed by atoms with van der Waals surface area (Å²) in [4.78, 5) is 11.3. The first-order chi connectivity index (χ1) is 9.32. The van der Waals surface area contributed by atoms with Crippen molar-refractivity contribution in [3.05, 3.63) is 0 Å². The molecular formula is C12H23NO7. The molecule has 0 radical (unpaired) electrons.